The molecular weight excluding hydrogens is 413 g/mol. The third-order valence-corrected chi connectivity index (χ3v) is 5.98. The number of aryl methyl sites for hydroxylation is 2. The van der Waals surface area contributed by atoms with Crippen molar-refractivity contribution in [1.29, 1.82) is 0 Å². The number of hydrogen-bond donors (Lipinski definition) is 2. The first-order chi connectivity index (χ1) is 13.8. The van der Waals surface area contributed by atoms with Crippen molar-refractivity contribution in [3.63, 3.8) is 0 Å². The van der Waals surface area contributed by atoms with E-state index < -0.39 is 23.4 Å². The van der Waals surface area contributed by atoms with Crippen molar-refractivity contribution in [1.82, 2.24) is 10.2 Å². The SMILES string of the molecule is C[C@@]1(c2ccc(Cl)cc2Cl)NC(=O)N(CC(=O)Nc2ccc3c(c2)CCC3)C1=O. The van der Waals surface area contributed by atoms with Crippen molar-refractivity contribution in [2.24, 2.45) is 0 Å². The van der Waals surface area contributed by atoms with Gasteiger partial charge in [0.25, 0.3) is 5.91 Å². The van der Waals surface area contributed by atoms with Gasteiger partial charge in [-0.15, -0.1) is 0 Å². The van der Waals surface area contributed by atoms with Crippen LogP contribution in [0.2, 0.25) is 10.0 Å². The van der Waals surface area contributed by atoms with Crippen molar-refractivity contribution in [2.45, 2.75) is 31.7 Å². The normalized spacial score (nSPS) is 20.6. The van der Waals surface area contributed by atoms with E-state index in [-0.39, 0.29) is 11.6 Å². The van der Waals surface area contributed by atoms with E-state index >= 15 is 0 Å². The van der Waals surface area contributed by atoms with Crippen LogP contribution in [0.15, 0.2) is 36.4 Å². The van der Waals surface area contributed by atoms with Crippen LogP contribution in [-0.2, 0) is 28.0 Å². The van der Waals surface area contributed by atoms with Crippen LogP contribution in [0.25, 0.3) is 0 Å². The molecule has 0 bridgehead atoms. The second-order valence-corrected chi connectivity index (χ2v) is 8.30. The molecule has 1 fully saturated rings. The number of fused-ring (bicyclic) bond motifs is 1. The van der Waals surface area contributed by atoms with Gasteiger partial charge >= 0.3 is 6.03 Å². The second-order valence-electron chi connectivity index (χ2n) is 7.46. The Labute approximate surface area is 178 Å². The predicted molar refractivity (Wildman–Crippen MR) is 111 cm³/mol. The molecule has 2 aromatic carbocycles. The lowest BCUT2D eigenvalue weighted by molar-refractivity contribution is -0.133. The third kappa shape index (κ3) is 3.58. The first-order valence-electron chi connectivity index (χ1n) is 9.29. The summed E-state index contributed by atoms with van der Waals surface area (Å²) in [5.74, 6) is -0.992. The maximum Gasteiger partial charge on any atom is 0.325 e. The van der Waals surface area contributed by atoms with Gasteiger partial charge in [-0.05, 0) is 61.6 Å². The molecule has 0 spiro atoms. The molecule has 1 atom stereocenters. The summed E-state index contributed by atoms with van der Waals surface area (Å²) in [6.45, 7) is 1.17. The van der Waals surface area contributed by atoms with Crippen LogP contribution < -0.4 is 10.6 Å². The van der Waals surface area contributed by atoms with Crippen molar-refractivity contribution >= 4 is 46.7 Å². The lowest BCUT2D eigenvalue weighted by atomic mass is 9.92. The molecule has 2 N–H and O–H groups in total. The summed E-state index contributed by atoms with van der Waals surface area (Å²) in [7, 11) is 0. The van der Waals surface area contributed by atoms with Gasteiger partial charge in [-0.1, -0.05) is 35.3 Å². The van der Waals surface area contributed by atoms with Crippen molar-refractivity contribution in [3.05, 3.63) is 63.1 Å². The molecule has 29 heavy (non-hydrogen) atoms. The Morgan fingerprint density at radius 1 is 1.14 bits per heavy atom. The quantitative estimate of drug-likeness (QED) is 0.720. The van der Waals surface area contributed by atoms with Crippen LogP contribution in [-0.4, -0.2) is 29.3 Å². The van der Waals surface area contributed by atoms with Gasteiger partial charge in [0, 0.05) is 21.3 Å². The molecule has 0 unspecified atom stereocenters. The molecule has 2 aliphatic rings. The minimum atomic E-state index is -1.37. The Bertz CT molecular complexity index is 1040. The summed E-state index contributed by atoms with van der Waals surface area (Å²) in [5.41, 5.74) is 2.23. The number of nitrogens with one attached hydrogen (secondary N) is 2. The van der Waals surface area contributed by atoms with Gasteiger partial charge in [0.1, 0.15) is 12.1 Å². The number of hydrogen-bond acceptors (Lipinski definition) is 3. The minimum Gasteiger partial charge on any atom is -0.325 e. The van der Waals surface area contributed by atoms with E-state index in [1.807, 2.05) is 18.2 Å². The van der Waals surface area contributed by atoms with Crippen LogP contribution in [0, 0.1) is 0 Å². The standard InChI is InChI=1S/C21H19Cl2N3O3/c1-21(16-8-6-14(22)10-17(16)23)19(28)26(20(29)25-21)11-18(27)24-15-7-5-12-3-2-4-13(12)9-15/h5-10H,2-4,11H2,1H3,(H,24,27)(H,25,29)/t21-/m0/s1. The zero-order valence-corrected chi connectivity index (χ0v) is 17.2. The summed E-state index contributed by atoms with van der Waals surface area (Å²) in [5, 5.41) is 6.09. The number of carbonyl (C=O) groups is 3. The van der Waals surface area contributed by atoms with E-state index in [1.165, 1.54) is 17.2 Å². The van der Waals surface area contributed by atoms with E-state index in [1.54, 1.807) is 19.1 Å². The van der Waals surface area contributed by atoms with Gasteiger partial charge < -0.3 is 10.6 Å². The zero-order chi connectivity index (χ0) is 20.8. The number of carbonyl (C=O) groups excluding carboxylic acids is 3. The monoisotopic (exact) mass is 431 g/mol. The molecule has 2 aromatic rings. The Balaban J connectivity index is 1.49. The van der Waals surface area contributed by atoms with Gasteiger partial charge in [0.15, 0.2) is 0 Å². The van der Waals surface area contributed by atoms with Crippen LogP contribution in [0.5, 0.6) is 0 Å². The minimum absolute atomic E-state index is 0.262. The number of nitrogens with zero attached hydrogens (tertiary/aromatic N) is 1. The average molecular weight is 432 g/mol. The van der Waals surface area contributed by atoms with Crippen LogP contribution in [0.4, 0.5) is 10.5 Å². The average Bonchev–Trinajstić information content (AvgIpc) is 3.20. The molecule has 1 heterocycles. The van der Waals surface area contributed by atoms with E-state index in [9.17, 15) is 14.4 Å². The lowest BCUT2D eigenvalue weighted by Crippen LogP contribution is -2.42. The van der Waals surface area contributed by atoms with Gasteiger partial charge in [-0.25, -0.2) is 4.79 Å². The second kappa shape index (κ2) is 7.35. The summed E-state index contributed by atoms with van der Waals surface area (Å²) < 4.78 is 0. The predicted octanol–water partition coefficient (Wildman–Crippen LogP) is 3.89. The van der Waals surface area contributed by atoms with Gasteiger partial charge in [0.2, 0.25) is 5.91 Å². The Hall–Kier alpha value is -2.57. The summed E-state index contributed by atoms with van der Waals surface area (Å²) in [6, 6.07) is 9.84. The molecule has 4 amide bonds. The molecule has 1 aliphatic heterocycles. The van der Waals surface area contributed by atoms with Crippen molar-refractivity contribution < 1.29 is 14.4 Å². The fourth-order valence-electron chi connectivity index (χ4n) is 3.91. The van der Waals surface area contributed by atoms with Gasteiger partial charge in [-0.2, -0.15) is 0 Å². The summed E-state index contributed by atoms with van der Waals surface area (Å²) in [4.78, 5) is 38.8. The van der Waals surface area contributed by atoms with E-state index in [4.69, 9.17) is 23.2 Å². The lowest BCUT2D eigenvalue weighted by Gasteiger charge is -2.23. The molecule has 0 aromatic heterocycles. The zero-order valence-electron chi connectivity index (χ0n) is 15.7. The van der Waals surface area contributed by atoms with Gasteiger partial charge in [-0.3, -0.25) is 14.5 Å². The highest BCUT2D eigenvalue weighted by Gasteiger charge is 2.50. The summed E-state index contributed by atoms with van der Waals surface area (Å²) >= 11 is 12.2. The molecule has 4 rings (SSSR count). The fourth-order valence-corrected chi connectivity index (χ4v) is 4.51. The van der Waals surface area contributed by atoms with Crippen LogP contribution in [0.3, 0.4) is 0 Å². The van der Waals surface area contributed by atoms with Crippen LogP contribution >= 0.6 is 23.2 Å². The highest BCUT2D eigenvalue weighted by molar-refractivity contribution is 6.35. The maximum atomic E-state index is 13.0. The Kier molecular flexibility index (Phi) is 5.00. The third-order valence-electron chi connectivity index (χ3n) is 5.43. The molecular formula is C21H19Cl2N3O3. The molecule has 8 heteroatoms. The first kappa shape index (κ1) is 19.7. The van der Waals surface area contributed by atoms with E-state index in [0.717, 1.165) is 24.2 Å². The highest BCUT2D eigenvalue weighted by Crippen LogP contribution is 2.35. The highest BCUT2D eigenvalue weighted by atomic mass is 35.5. The number of imide groups is 1. The Morgan fingerprint density at radius 2 is 1.90 bits per heavy atom. The number of amides is 4. The van der Waals surface area contributed by atoms with E-state index in [2.05, 4.69) is 10.6 Å². The van der Waals surface area contributed by atoms with E-state index in [0.29, 0.717) is 16.3 Å². The molecule has 6 nitrogen and oxygen atoms in total. The maximum absolute atomic E-state index is 13.0. The number of urea groups is 1. The van der Waals surface area contributed by atoms with Crippen molar-refractivity contribution in [2.75, 3.05) is 11.9 Å². The largest absolute Gasteiger partial charge is 0.325 e. The first-order valence-corrected chi connectivity index (χ1v) is 10.0. The molecule has 0 saturated carbocycles. The van der Waals surface area contributed by atoms with Crippen molar-refractivity contribution in [3.8, 4) is 0 Å². The Morgan fingerprint density at radius 3 is 2.66 bits per heavy atom. The molecule has 1 saturated heterocycles. The van der Waals surface area contributed by atoms with Gasteiger partial charge in [0.05, 0.1) is 0 Å². The smallest absolute Gasteiger partial charge is 0.325 e. The number of benzene rings is 2. The summed E-state index contributed by atoms with van der Waals surface area (Å²) in [6.07, 6.45) is 3.16. The molecule has 1 aliphatic carbocycles. The molecule has 150 valence electrons. The van der Waals surface area contributed by atoms with Crippen LogP contribution in [0.1, 0.15) is 30.0 Å². The number of anilines is 1. The molecule has 0 radical (unpaired) electrons. The number of halogens is 2. The number of rotatable bonds is 4. The topological polar surface area (TPSA) is 78.5 Å². The fraction of sp³-hybridized carbons (Fsp3) is 0.286.